The van der Waals surface area contributed by atoms with Gasteiger partial charge in [0.1, 0.15) is 11.6 Å². The third-order valence-corrected chi connectivity index (χ3v) is 7.02. The van der Waals surface area contributed by atoms with E-state index in [1.165, 1.54) is 11.6 Å². The Morgan fingerprint density at radius 3 is 2.52 bits per heavy atom. The lowest BCUT2D eigenvalue weighted by Crippen LogP contribution is -2.13. The lowest BCUT2D eigenvalue weighted by atomic mass is 9.98. The molecule has 1 unspecified atom stereocenters. The van der Waals surface area contributed by atoms with Gasteiger partial charge in [-0.1, -0.05) is 26.0 Å². The van der Waals surface area contributed by atoms with E-state index < -0.39 is 15.7 Å². The third-order valence-electron chi connectivity index (χ3n) is 5.43. The van der Waals surface area contributed by atoms with Gasteiger partial charge in [-0.25, -0.2) is 8.42 Å². The first-order chi connectivity index (χ1) is 15.5. The Kier molecular flexibility index (Phi) is 7.15. The summed E-state index contributed by atoms with van der Waals surface area (Å²) < 4.78 is 28.8. The monoisotopic (exact) mass is 483 g/mol. The molecule has 8 nitrogen and oxygen atoms in total. The summed E-state index contributed by atoms with van der Waals surface area (Å²) in [6, 6.07) is 12.2. The molecule has 172 valence electrons. The fraction of sp³-hybridized carbons (Fsp3) is 0.304. The highest BCUT2D eigenvalue weighted by molar-refractivity contribution is 7.90. The van der Waals surface area contributed by atoms with E-state index in [4.69, 9.17) is 0 Å². The molecule has 0 aliphatic rings. The van der Waals surface area contributed by atoms with Crippen LogP contribution in [-0.2, 0) is 14.6 Å². The number of hydrogen-bond acceptors (Lipinski definition) is 7. The quantitative estimate of drug-likeness (QED) is 0.393. The number of sulfone groups is 1. The molecule has 1 amide bonds. The maximum Gasteiger partial charge on any atom is 0.268 e. The number of nitrogens with zero attached hydrogens (tertiary/aromatic N) is 4. The zero-order chi connectivity index (χ0) is 24.3. The molecule has 10 heteroatoms. The van der Waals surface area contributed by atoms with Gasteiger partial charge in [0.25, 0.3) is 11.1 Å². The Labute approximate surface area is 197 Å². The number of carbonyl (C=O) groups is 1. The van der Waals surface area contributed by atoms with E-state index in [2.05, 4.69) is 57.4 Å². The summed E-state index contributed by atoms with van der Waals surface area (Å²) in [5.74, 6) is -0.195. The zero-order valence-corrected chi connectivity index (χ0v) is 20.7. The zero-order valence-electron chi connectivity index (χ0n) is 19.1. The van der Waals surface area contributed by atoms with E-state index in [0.717, 1.165) is 46.8 Å². The lowest BCUT2D eigenvalue weighted by molar-refractivity contribution is -0.112. The fourth-order valence-electron chi connectivity index (χ4n) is 3.40. The van der Waals surface area contributed by atoms with Crippen molar-refractivity contribution in [3.05, 3.63) is 58.4 Å². The fourth-order valence-corrected chi connectivity index (χ4v) is 4.84. The SMILES string of the molecule is CCC(C)c1ccc(-n2c(C)cc(/C=C(/C#N)C(=O)Nc3nc(S(C)(=O)=O)ns3)c2C)cc1. The first-order valence-corrected chi connectivity index (χ1v) is 13.0. The van der Waals surface area contributed by atoms with Crippen molar-refractivity contribution in [2.24, 2.45) is 0 Å². The van der Waals surface area contributed by atoms with E-state index in [1.54, 1.807) is 0 Å². The Bertz CT molecular complexity index is 1360. The molecule has 0 aliphatic carbocycles. The molecule has 0 saturated heterocycles. The minimum absolute atomic E-state index is 0.00782. The number of carbonyl (C=O) groups excluding carboxylic acids is 1. The van der Waals surface area contributed by atoms with Crippen LogP contribution in [0.1, 0.15) is 48.7 Å². The third kappa shape index (κ3) is 5.38. The van der Waals surface area contributed by atoms with Gasteiger partial charge in [-0.05, 0) is 61.6 Å². The molecule has 2 aromatic heterocycles. The highest BCUT2D eigenvalue weighted by Gasteiger charge is 2.18. The van der Waals surface area contributed by atoms with Gasteiger partial charge < -0.3 is 4.57 Å². The smallest absolute Gasteiger partial charge is 0.268 e. The molecule has 0 bridgehead atoms. The summed E-state index contributed by atoms with van der Waals surface area (Å²) in [6.07, 6.45) is 3.57. The highest BCUT2D eigenvalue weighted by atomic mass is 32.2. The van der Waals surface area contributed by atoms with Crippen LogP contribution in [0.25, 0.3) is 11.8 Å². The predicted octanol–water partition coefficient (Wildman–Crippen LogP) is 4.41. The summed E-state index contributed by atoms with van der Waals surface area (Å²) in [6.45, 7) is 8.25. The van der Waals surface area contributed by atoms with Crippen molar-refractivity contribution in [1.29, 1.82) is 5.26 Å². The molecule has 33 heavy (non-hydrogen) atoms. The molecule has 1 aromatic carbocycles. The first-order valence-electron chi connectivity index (χ1n) is 10.3. The molecule has 3 rings (SSSR count). The summed E-state index contributed by atoms with van der Waals surface area (Å²) >= 11 is 0.738. The molecule has 1 atom stereocenters. The molecule has 3 aromatic rings. The van der Waals surface area contributed by atoms with Gasteiger partial charge in [-0.15, -0.1) is 0 Å². The van der Waals surface area contributed by atoms with Crippen molar-refractivity contribution in [1.82, 2.24) is 13.9 Å². The second kappa shape index (κ2) is 9.68. The van der Waals surface area contributed by atoms with Crippen molar-refractivity contribution < 1.29 is 13.2 Å². The van der Waals surface area contributed by atoms with Crippen LogP contribution in [0.2, 0.25) is 0 Å². The van der Waals surface area contributed by atoms with Crippen LogP contribution in [0.15, 0.2) is 41.1 Å². The lowest BCUT2D eigenvalue weighted by Gasteiger charge is -2.13. The van der Waals surface area contributed by atoms with Gasteiger partial charge in [-0.2, -0.15) is 14.6 Å². The Morgan fingerprint density at radius 1 is 1.30 bits per heavy atom. The van der Waals surface area contributed by atoms with Crippen molar-refractivity contribution in [2.45, 2.75) is 45.2 Å². The van der Waals surface area contributed by atoms with Crippen LogP contribution in [-0.4, -0.2) is 34.5 Å². The molecule has 0 fully saturated rings. The molecule has 0 saturated carbocycles. The van der Waals surface area contributed by atoms with Crippen molar-refractivity contribution in [2.75, 3.05) is 11.6 Å². The molecule has 1 N–H and O–H groups in total. The Morgan fingerprint density at radius 2 is 1.97 bits per heavy atom. The van der Waals surface area contributed by atoms with Gasteiger partial charge >= 0.3 is 0 Å². The van der Waals surface area contributed by atoms with Crippen LogP contribution in [0.3, 0.4) is 0 Å². The van der Waals surface area contributed by atoms with Gasteiger partial charge in [0.05, 0.1) is 0 Å². The number of nitriles is 1. The van der Waals surface area contributed by atoms with Crippen LogP contribution in [0.5, 0.6) is 0 Å². The maximum atomic E-state index is 12.6. The second-order valence-electron chi connectivity index (χ2n) is 7.84. The maximum absolute atomic E-state index is 12.6. The summed E-state index contributed by atoms with van der Waals surface area (Å²) in [7, 11) is -3.58. The molecule has 0 spiro atoms. The van der Waals surface area contributed by atoms with Gasteiger partial charge in [0.15, 0.2) is 0 Å². The Hall–Kier alpha value is -3.29. The average Bonchev–Trinajstić information content (AvgIpc) is 3.35. The van der Waals surface area contributed by atoms with Gasteiger partial charge in [0, 0.05) is 34.9 Å². The van der Waals surface area contributed by atoms with Crippen LogP contribution >= 0.6 is 11.5 Å². The van der Waals surface area contributed by atoms with Crippen molar-refractivity contribution in [3.8, 4) is 11.8 Å². The van der Waals surface area contributed by atoms with E-state index in [1.807, 2.05) is 26.0 Å². The number of aromatic nitrogens is 3. The van der Waals surface area contributed by atoms with E-state index in [9.17, 15) is 18.5 Å². The molecular formula is C23H25N5O3S2. The standard InChI is InChI=1S/C23H25N5O3S2/c1-6-14(2)17-7-9-20(10-8-17)28-15(3)11-18(16(28)4)12-19(13-24)21(29)25-22-26-23(27-32-22)33(5,30)31/h7-12,14H,6H2,1-5H3,(H,25,26,27,29)/b19-12-. The summed E-state index contributed by atoms with van der Waals surface area (Å²) in [4.78, 5) is 16.4. The topological polar surface area (TPSA) is 118 Å². The normalized spacial score (nSPS) is 12.9. The number of anilines is 1. The van der Waals surface area contributed by atoms with Crippen LogP contribution < -0.4 is 5.32 Å². The minimum Gasteiger partial charge on any atom is -0.318 e. The summed E-state index contributed by atoms with van der Waals surface area (Å²) in [5, 5.41) is 11.6. The molecular weight excluding hydrogens is 458 g/mol. The number of amides is 1. The van der Waals surface area contributed by atoms with E-state index in [0.29, 0.717) is 5.92 Å². The second-order valence-corrected chi connectivity index (χ2v) is 10.5. The Balaban J connectivity index is 1.88. The number of benzene rings is 1. The summed E-state index contributed by atoms with van der Waals surface area (Å²) in [5.41, 5.74) is 4.75. The van der Waals surface area contributed by atoms with Crippen molar-refractivity contribution in [3.63, 3.8) is 0 Å². The minimum atomic E-state index is -3.58. The van der Waals surface area contributed by atoms with Gasteiger partial charge in [0.2, 0.25) is 15.0 Å². The number of nitrogens with one attached hydrogen (secondary N) is 1. The predicted molar refractivity (Wildman–Crippen MR) is 129 cm³/mol. The van der Waals surface area contributed by atoms with Crippen molar-refractivity contribution >= 4 is 38.5 Å². The first kappa shape index (κ1) is 24.4. The van der Waals surface area contributed by atoms with Crippen LogP contribution in [0.4, 0.5) is 5.13 Å². The molecule has 0 radical (unpaired) electrons. The number of hydrogen-bond donors (Lipinski definition) is 1. The number of rotatable bonds is 7. The number of aryl methyl sites for hydroxylation is 1. The van der Waals surface area contributed by atoms with Crippen LogP contribution in [0, 0.1) is 25.2 Å². The average molecular weight is 484 g/mol. The van der Waals surface area contributed by atoms with E-state index in [-0.39, 0.29) is 15.9 Å². The highest BCUT2D eigenvalue weighted by Crippen LogP contribution is 2.26. The largest absolute Gasteiger partial charge is 0.318 e. The van der Waals surface area contributed by atoms with Gasteiger partial charge in [-0.3, -0.25) is 10.1 Å². The van der Waals surface area contributed by atoms with E-state index >= 15 is 0 Å². The molecule has 0 aliphatic heterocycles. The molecule has 2 heterocycles.